The van der Waals surface area contributed by atoms with Crippen molar-refractivity contribution in [3.05, 3.63) is 0 Å². The molecule has 2 fully saturated rings. The van der Waals surface area contributed by atoms with Crippen LogP contribution in [0.5, 0.6) is 0 Å². The second-order valence-corrected chi connectivity index (χ2v) is 5.81. The van der Waals surface area contributed by atoms with Crippen LogP contribution in [-0.2, 0) is 9.59 Å². The molecule has 2 aliphatic heterocycles. The minimum Gasteiger partial charge on any atom is -0.356 e. The molecular formula is C16H30N2O2. The van der Waals surface area contributed by atoms with E-state index in [0.717, 1.165) is 45.1 Å². The van der Waals surface area contributed by atoms with Crippen LogP contribution in [-0.4, -0.2) is 24.4 Å². The second-order valence-electron chi connectivity index (χ2n) is 5.81. The number of rotatable bonds is 2. The molecule has 0 bridgehead atoms. The summed E-state index contributed by atoms with van der Waals surface area (Å²) in [7, 11) is 0. The molecule has 0 aromatic carbocycles. The normalized spacial score (nSPS) is 27.3. The van der Waals surface area contributed by atoms with E-state index in [2.05, 4.69) is 24.5 Å². The van der Waals surface area contributed by atoms with Crippen LogP contribution in [0.25, 0.3) is 0 Å². The predicted molar refractivity (Wildman–Crippen MR) is 81.3 cm³/mol. The summed E-state index contributed by atoms with van der Waals surface area (Å²) in [6.07, 6.45) is 9.69. The molecule has 2 atom stereocenters. The first-order valence-corrected chi connectivity index (χ1v) is 8.24. The van der Waals surface area contributed by atoms with E-state index in [1.165, 1.54) is 19.3 Å². The second kappa shape index (κ2) is 9.78. The Labute approximate surface area is 123 Å². The van der Waals surface area contributed by atoms with Crippen molar-refractivity contribution in [3.8, 4) is 0 Å². The topological polar surface area (TPSA) is 58.2 Å². The van der Waals surface area contributed by atoms with E-state index in [1.54, 1.807) is 0 Å². The first-order valence-electron chi connectivity index (χ1n) is 8.24. The Morgan fingerprint density at radius 3 is 2.45 bits per heavy atom. The van der Waals surface area contributed by atoms with Crippen molar-refractivity contribution in [3.63, 3.8) is 0 Å². The van der Waals surface area contributed by atoms with E-state index < -0.39 is 0 Å². The van der Waals surface area contributed by atoms with Crippen LogP contribution in [0.15, 0.2) is 0 Å². The molecule has 0 radical (unpaired) electrons. The molecule has 2 unspecified atom stereocenters. The lowest BCUT2D eigenvalue weighted by atomic mass is 10.0. The molecule has 0 spiro atoms. The Hall–Kier alpha value is -1.06. The molecule has 0 aromatic rings. The van der Waals surface area contributed by atoms with Crippen molar-refractivity contribution in [2.45, 2.75) is 77.7 Å². The van der Waals surface area contributed by atoms with Crippen molar-refractivity contribution in [1.29, 1.82) is 0 Å². The van der Waals surface area contributed by atoms with Gasteiger partial charge in [-0.15, -0.1) is 0 Å². The van der Waals surface area contributed by atoms with Gasteiger partial charge in [0.1, 0.15) is 0 Å². The number of nitrogens with one attached hydrogen (secondary N) is 2. The molecule has 116 valence electrons. The maximum absolute atomic E-state index is 11.1. The van der Waals surface area contributed by atoms with E-state index in [0.29, 0.717) is 12.0 Å². The zero-order valence-electron chi connectivity index (χ0n) is 13.0. The van der Waals surface area contributed by atoms with Crippen LogP contribution in [0, 0.1) is 5.92 Å². The van der Waals surface area contributed by atoms with E-state index in [4.69, 9.17) is 0 Å². The van der Waals surface area contributed by atoms with Crippen LogP contribution < -0.4 is 10.6 Å². The summed E-state index contributed by atoms with van der Waals surface area (Å²) in [6.45, 7) is 5.08. The van der Waals surface area contributed by atoms with Crippen LogP contribution in [0.3, 0.4) is 0 Å². The summed E-state index contributed by atoms with van der Waals surface area (Å²) in [4.78, 5) is 22.1. The summed E-state index contributed by atoms with van der Waals surface area (Å²) in [5.41, 5.74) is 0. The van der Waals surface area contributed by atoms with Gasteiger partial charge < -0.3 is 10.6 Å². The standard InChI is InChI=1S/2C8H15NO/c1-2-7-5-3-4-6-9-8(7)10;1-2-7-5-3-4-6-8(10)9-7/h2*7H,2-6H2,1H3,(H,9,10). The molecule has 2 amide bonds. The summed E-state index contributed by atoms with van der Waals surface area (Å²) in [6, 6.07) is 0.454. The fourth-order valence-corrected chi connectivity index (χ4v) is 2.75. The van der Waals surface area contributed by atoms with Gasteiger partial charge in [-0.2, -0.15) is 0 Å². The van der Waals surface area contributed by atoms with Gasteiger partial charge in [0.05, 0.1) is 0 Å². The number of carbonyl (C=O) groups is 2. The zero-order chi connectivity index (χ0) is 14.8. The lowest BCUT2D eigenvalue weighted by molar-refractivity contribution is -0.124. The highest BCUT2D eigenvalue weighted by atomic mass is 16.2. The zero-order valence-corrected chi connectivity index (χ0v) is 13.0. The molecule has 2 rings (SSSR count). The molecule has 4 nitrogen and oxygen atoms in total. The monoisotopic (exact) mass is 282 g/mol. The van der Waals surface area contributed by atoms with Crippen molar-refractivity contribution < 1.29 is 9.59 Å². The Kier molecular flexibility index (Phi) is 8.31. The number of hydrogen-bond acceptors (Lipinski definition) is 2. The smallest absolute Gasteiger partial charge is 0.223 e. The number of hydrogen-bond donors (Lipinski definition) is 2. The van der Waals surface area contributed by atoms with Gasteiger partial charge in [0.2, 0.25) is 11.8 Å². The minimum absolute atomic E-state index is 0.240. The van der Waals surface area contributed by atoms with Gasteiger partial charge in [-0.05, 0) is 38.5 Å². The highest BCUT2D eigenvalue weighted by Gasteiger charge is 2.17. The first-order chi connectivity index (χ1) is 9.67. The summed E-state index contributed by atoms with van der Waals surface area (Å²) in [5.74, 6) is 0.798. The predicted octanol–water partition coefficient (Wildman–Crippen LogP) is 2.77. The Bertz CT molecular complexity index is 305. The summed E-state index contributed by atoms with van der Waals surface area (Å²) >= 11 is 0. The minimum atomic E-state index is 0.240. The summed E-state index contributed by atoms with van der Waals surface area (Å²) < 4.78 is 0. The molecule has 2 saturated heterocycles. The van der Waals surface area contributed by atoms with E-state index >= 15 is 0 Å². The molecular weight excluding hydrogens is 252 g/mol. The molecule has 20 heavy (non-hydrogen) atoms. The van der Waals surface area contributed by atoms with E-state index in [1.807, 2.05) is 0 Å². The van der Waals surface area contributed by atoms with E-state index in [9.17, 15) is 9.59 Å². The van der Waals surface area contributed by atoms with Crippen LogP contribution in [0.2, 0.25) is 0 Å². The highest BCUT2D eigenvalue weighted by Crippen LogP contribution is 2.14. The van der Waals surface area contributed by atoms with Gasteiger partial charge in [-0.25, -0.2) is 0 Å². The molecule has 0 saturated carbocycles. The third-order valence-electron chi connectivity index (χ3n) is 4.21. The molecule has 2 N–H and O–H groups in total. The van der Waals surface area contributed by atoms with Gasteiger partial charge in [0.15, 0.2) is 0 Å². The fraction of sp³-hybridized carbons (Fsp3) is 0.875. The Balaban J connectivity index is 0.000000200. The van der Waals surface area contributed by atoms with Crippen LogP contribution in [0.4, 0.5) is 0 Å². The molecule has 2 aliphatic rings. The maximum atomic E-state index is 11.1. The fourth-order valence-electron chi connectivity index (χ4n) is 2.75. The maximum Gasteiger partial charge on any atom is 0.223 e. The quantitative estimate of drug-likeness (QED) is 0.818. The third-order valence-corrected chi connectivity index (χ3v) is 4.21. The van der Waals surface area contributed by atoms with Crippen molar-refractivity contribution >= 4 is 11.8 Å². The van der Waals surface area contributed by atoms with Gasteiger partial charge in [-0.3, -0.25) is 9.59 Å². The Morgan fingerprint density at radius 2 is 1.75 bits per heavy atom. The van der Waals surface area contributed by atoms with Crippen molar-refractivity contribution in [2.24, 2.45) is 5.92 Å². The number of carbonyl (C=O) groups excluding carboxylic acids is 2. The lowest BCUT2D eigenvalue weighted by Gasteiger charge is -2.11. The van der Waals surface area contributed by atoms with Gasteiger partial charge in [-0.1, -0.05) is 26.7 Å². The van der Waals surface area contributed by atoms with Crippen LogP contribution in [0.1, 0.15) is 71.6 Å². The summed E-state index contributed by atoms with van der Waals surface area (Å²) in [5, 5.41) is 5.90. The largest absolute Gasteiger partial charge is 0.356 e. The molecule has 4 heteroatoms. The average molecular weight is 282 g/mol. The van der Waals surface area contributed by atoms with Crippen molar-refractivity contribution in [2.75, 3.05) is 6.54 Å². The van der Waals surface area contributed by atoms with Crippen molar-refractivity contribution in [1.82, 2.24) is 10.6 Å². The molecule has 0 aromatic heterocycles. The SMILES string of the molecule is CCC1CCCCC(=O)N1.CCC1CCCCNC1=O. The first kappa shape index (κ1) is 17.0. The third kappa shape index (κ3) is 6.40. The Morgan fingerprint density at radius 1 is 1.00 bits per heavy atom. The molecule has 2 heterocycles. The average Bonchev–Trinajstić information content (AvgIpc) is 2.79. The lowest BCUT2D eigenvalue weighted by Crippen LogP contribution is -2.31. The highest BCUT2D eigenvalue weighted by molar-refractivity contribution is 5.78. The van der Waals surface area contributed by atoms with Crippen LogP contribution >= 0.6 is 0 Å². The van der Waals surface area contributed by atoms with Gasteiger partial charge in [0, 0.05) is 24.9 Å². The number of amides is 2. The molecule has 0 aliphatic carbocycles. The van der Waals surface area contributed by atoms with Gasteiger partial charge >= 0.3 is 0 Å². The van der Waals surface area contributed by atoms with Gasteiger partial charge in [0.25, 0.3) is 0 Å². The van der Waals surface area contributed by atoms with E-state index in [-0.39, 0.29) is 11.8 Å².